The normalized spacial score (nSPS) is 27.2. The van der Waals surface area contributed by atoms with Crippen LogP contribution in [0.25, 0.3) is 0 Å². The van der Waals surface area contributed by atoms with Crippen molar-refractivity contribution in [3.63, 3.8) is 0 Å². The third kappa shape index (κ3) is 3.61. The summed E-state index contributed by atoms with van der Waals surface area (Å²) in [6.07, 6.45) is 8.41. The van der Waals surface area contributed by atoms with Crippen LogP contribution in [0.1, 0.15) is 42.9 Å². The van der Waals surface area contributed by atoms with E-state index < -0.39 is 0 Å². The van der Waals surface area contributed by atoms with E-state index in [9.17, 15) is 4.79 Å². The Morgan fingerprint density at radius 1 is 1.10 bits per heavy atom. The largest absolute Gasteiger partial charge is 0.335 e. The Morgan fingerprint density at radius 3 is 2.69 bits per heavy atom. The molecule has 29 heavy (non-hydrogen) atoms. The zero-order valence-electron chi connectivity index (χ0n) is 17.4. The Labute approximate surface area is 173 Å². The molecule has 0 N–H and O–H groups in total. The Bertz CT molecular complexity index is 844. The highest BCUT2D eigenvalue weighted by atomic mass is 16.2. The molecule has 1 aromatic heterocycles. The number of hydrogen-bond acceptors (Lipinski definition) is 3. The number of aromatic nitrogens is 2. The van der Waals surface area contributed by atoms with Crippen molar-refractivity contribution in [1.82, 2.24) is 19.6 Å². The van der Waals surface area contributed by atoms with Crippen LogP contribution in [0.3, 0.4) is 0 Å². The van der Waals surface area contributed by atoms with Crippen molar-refractivity contribution in [3.8, 4) is 0 Å². The van der Waals surface area contributed by atoms with Gasteiger partial charge in [-0.2, -0.15) is 5.10 Å². The number of carbonyl (C=O) groups excluding carboxylic acids is 1. The van der Waals surface area contributed by atoms with Gasteiger partial charge in [0.25, 0.3) is 0 Å². The van der Waals surface area contributed by atoms with Crippen molar-refractivity contribution in [2.24, 2.45) is 17.8 Å². The molecule has 1 amide bonds. The lowest BCUT2D eigenvalue weighted by Gasteiger charge is -2.35. The van der Waals surface area contributed by atoms with Gasteiger partial charge < -0.3 is 9.80 Å². The van der Waals surface area contributed by atoms with E-state index in [4.69, 9.17) is 0 Å². The molecule has 1 aliphatic carbocycles. The standard InChI is InChI=1S/C24H32N4O/c1-18-7-2-3-10-21(18)23-22-17-26(12-6-14-27-13-5-11-25-27)15-20(22)16-28(23)24(29)19-8-4-9-19/h2-3,5,7,10-11,13,19-20,22-23H,4,6,8-9,12,14-17H2,1H3/t20-,22-,23+/m0/s1. The number of nitrogens with zero attached hydrogens (tertiary/aromatic N) is 4. The summed E-state index contributed by atoms with van der Waals surface area (Å²) in [7, 11) is 0. The summed E-state index contributed by atoms with van der Waals surface area (Å²) < 4.78 is 2.02. The number of fused-ring (bicyclic) bond motifs is 1. The van der Waals surface area contributed by atoms with Gasteiger partial charge in [0.1, 0.15) is 0 Å². The maximum atomic E-state index is 13.2. The van der Waals surface area contributed by atoms with E-state index in [1.54, 1.807) is 0 Å². The molecule has 5 heteroatoms. The van der Waals surface area contributed by atoms with Crippen molar-refractivity contribution in [2.45, 2.75) is 45.2 Å². The number of hydrogen-bond donors (Lipinski definition) is 0. The van der Waals surface area contributed by atoms with Crippen LogP contribution in [-0.4, -0.2) is 51.7 Å². The van der Waals surface area contributed by atoms with E-state index in [2.05, 4.69) is 46.1 Å². The lowest BCUT2D eigenvalue weighted by molar-refractivity contribution is -0.139. The van der Waals surface area contributed by atoms with Crippen LogP contribution in [-0.2, 0) is 11.3 Å². The van der Waals surface area contributed by atoms with E-state index in [1.165, 1.54) is 17.5 Å². The summed E-state index contributed by atoms with van der Waals surface area (Å²) in [5, 5.41) is 4.31. The van der Waals surface area contributed by atoms with Gasteiger partial charge in [-0.05, 0) is 55.8 Å². The number of aryl methyl sites for hydroxylation is 2. The van der Waals surface area contributed by atoms with Crippen molar-refractivity contribution >= 4 is 5.91 Å². The molecule has 0 bridgehead atoms. The Balaban J connectivity index is 1.30. The highest BCUT2D eigenvalue weighted by Gasteiger charge is 2.50. The van der Waals surface area contributed by atoms with Crippen LogP contribution >= 0.6 is 0 Å². The minimum absolute atomic E-state index is 0.255. The average Bonchev–Trinajstić information content (AvgIpc) is 3.37. The molecule has 3 atom stereocenters. The van der Waals surface area contributed by atoms with Gasteiger partial charge in [0.2, 0.25) is 5.91 Å². The minimum Gasteiger partial charge on any atom is -0.335 e. The molecule has 3 aliphatic rings. The molecular formula is C24H32N4O. The number of benzene rings is 1. The molecule has 0 spiro atoms. The maximum absolute atomic E-state index is 13.2. The highest BCUT2D eigenvalue weighted by molar-refractivity contribution is 5.80. The number of likely N-dealkylation sites (tertiary alicyclic amines) is 2. The van der Waals surface area contributed by atoms with Gasteiger partial charge in [-0.15, -0.1) is 0 Å². The fourth-order valence-corrected chi connectivity index (χ4v) is 5.64. The van der Waals surface area contributed by atoms with E-state index >= 15 is 0 Å². The summed E-state index contributed by atoms with van der Waals surface area (Å²) in [6.45, 7) is 7.47. The first-order valence-electron chi connectivity index (χ1n) is 11.3. The molecule has 154 valence electrons. The first-order chi connectivity index (χ1) is 14.2. The molecule has 1 aromatic carbocycles. The molecule has 1 saturated carbocycles. The smallest absolute Gasteiger partial charge is 0.226 e. The highest BCUT2D eigenvalue weighted by Crippen LogP contribution is 2.47. The second-order valence-corrected chi connectivity index (χ2v) is 9.23. The van der Waals surface area contributed by atoms with Gasteiger partial charge in [-0.1, -0.05) is 30.7 Å². The summed E-state index contributed by atoms with van der Waals surface area (Å²) in [6, 6.07) is 10.9. The van der Waals surface area contributed by atoms with Gasteiger partial charge in [-0.3, -0.25) is 9.48 Å². The second kappa shape index (κ2) is 7.94. The molecule has 5 nitrogen and oxygen atoms in total. The van der Waals surface area contributed by atoms with Crippen LogP contribution in [0, 0.1) is 24.7 Å². The number of amides is 1. The zero-order chi connectivity index (χ0) is 19.8. The predicted molar refractivity (Wildman–Crippen MR) is 113 cm³/mol. The summed E-state index contributed by atoms with van der Waals surface area (Å²) in [5.41, 5.74) is 2.69. The van der Waals surface area contributed by atoms with Crippen molar-refractivity contribution in [3.05, 3.63) is 53.9 Å². The lowest BCUT2D eigenvalue weighted by atomic mass is 9.83. The minimum atomic E-state index is 0.255. The predicted octanol–water partition coefficient (Wildman–Crippen LogP) is 3.51. The van der Waals surface area contributed by atoms with Crippen LogP contribution in [0.4, 0.5) is 0 Å². The van der Waals surface area contributed by atoms with Crippen molar-refractivity contribution < 1.29 is 4.79 Å². The molecule has 3 fully saturated rings. The van der Waals surface area contributed by atoms with Gasteiger partial charge in [0, 0.05) is 50.4 Å². The maximum Gasteiger partial charge on any atom is 0.226 e. The van der Waals surface area contributed by atoms with E-state index in [0.717, 1.165) is 52.0 Å². The van der Waals surface area contributed by atoms with E-state index in [1.807, 2.05) is 23.1 Å². The lowest BCUT2D eigenvalue weighted by Crippen LogP contribution is -2.41. The quantitative estimate of drug-likeness (QED) is 0.755. The van der Waals surface area contributed by atoms with Gasteiger partial charge in [-0.25, -0.2) is 0 Å². The number of rotatable bonds is 6. The fraction of sp³-hybridized carbons (Fsp3) is 0.583. The van der Waals surface area contributed by atoms with Gasteiger partial charge >= 0.3 is 0 Å². The molecule has 3 heterocycles. The molecule has 0 unspecified atom stereocenters. The van der Waals surface area contributed by atoms with Crippen LogP contribution < -0.4 is 0 Å². The molecule has 2 aliphatic heterocycles. The summed E-state index contributed by atoms with van der Waals surface area (Å²) in [4.78, 5) is 18.1. The monoisotopic (exact) mass is 392 g/mol. The van der Waals surface area contributed by atoms with Crippen molar-refractivity contribution in [2.75, 3.05) is 26.2 Å². The van der Waals surface area contributed by atoms with E-state index in [0.29, 0.717) is 17.7 Å². The SMILES string of the molecule is Cc1ccccc1[C@@H]1[C@H]2CN(CCCn3cccn3)C[C@H]2CN1C(=O)C1CCC1. The summed E-state index contributed by atoms with van der Waals surface area (Å²) in [5.74, 6) is 1.87. The zero-order valence-corrected chi connectivity index (χ0v) is 17.4. The molecule has 2 aromatic rings. The Hall–Kier alpha value is -2.14. The third-order valence-electron chi connectivity index (χ3n) is 7.41. The van der Waals surface area contributed by atoms with E-state index in [-0.39, 0.29) is 12.0 Å². The van der Waals surface area contributed by atoms with Gasteiger partial charge in [0.15, 0.2) is 0 Å². The Morgan fingerprint density at radius 2 is 1.97 bits per heavy atom. The fourth-order valence-electron chi connectivity index (χ4n) is 5.64. The molecule has 2 saturated heterocycles. The first kappa shape index (κ1) is 18.9. The Kier molecular flexibility index (Phi) is 5.17. The summed E-state index contributed by atoms with van der Waals surface area (Å²) >= 11 is 0. The molecule has 5 rings (SSSR count). The molecule has 0 radical (unpaired) electrons. The third-order valence-corrected chi connectivity index (χ3v) is 7.41. The van der Waals surface area contributed by atoms with Crippen LogP contribution in [0.2, 0.25) is 0 Å². The van der Waals surface area contributed by atoms with Gasteiger partial charge in [0.05, 0.1) is 6.04 Å². The first-order valence-corrected chi connectivity index (χ1v) is 11.3. The molecular weight excluding hydrogens is 360 g/mol. The van der Waals surface area contributed by atoms with Crippen LogP contribution in [0.5, 0.6) is 0 Å². The second-order valence-electron chi connectivity index (χ2n) is 9.23. The average molecular weight is 393 g/mol. The number of carbonyl (C=O) groups is 1. The topological polar surface area (TPSA) is 41.4 Å². The van der Waals surface area contributed by atoms with Crippen molar-refractivity contribution in [1.29, 1.82) is 0 Å². The van der Waals surface area contributed by atoms with Crippen LogP contribution in [0.15, 0.2) is 42.7 Å².